The lowest BCUT2D eigenvalue weighted by molar-refractivity contribution is -0.167. The van der Waals surface area contributed by atoms with Crippen LogP contribution in [0.4, 0.5) is 0 Å². The molecule has 0 aromatic heterocycles. The van der Waals surface area contributed by atoms with E-state index in [2.05, 4.69) is 45.1 Å². The highest BCUT2D eigenvalue weighted by atomic mass is 16.6. The van der Waals surface area contributed by atoms with Gasteiger partial charge in [0.1, 0.15) is 13.2 Å². The molecule has 0 aliphatic carbocycles. The summed E-state index contributed by atoms with van der Waals surface area (Å²) in [6, 6.07) is 0. The van der Waals surface area contributed by atoms with Gasteiger partial charge in [-0.05, 0) is 64.2 Å². The minimum atomic E-state index is -0.797. The van der Waals surface area contributed by atoms with Gasteiger partial charge in [0.15, 0.2) is 6.10 Å². The lowest BCUT2D eigenvalue weighted by Gasteiger charge is -2.18. The molecule has 0 heterocycles. The van der Waals surface area contributed by atoms with Crippen LogP contribution in [-0.4, -0.2) is 37.2 Å². The van der Waals surface area contributed by atoms with Crippen LogP contribution in [0.5, 0.6) is 0 Å². The first kappa shape index (κ1) is 54.9. The first-order chi connectivity index (χ1) is 28.5. The summed E-state index contributed by atoms with van der Waals surface area (Å²) in [5.41, 5.74) is 0. The van der Waals surface area contributed by atoms with E-state index in [4.69, 9.17) is 14.2 Å². The molecule has 1 atom stereocenters. The van der Waals surface area contributed by atoms with Crippen LogP contribution in [0.1, 0.15) is 220 Å². The quantitative estimate of drug-likeness (QED) is 0.0201. The van der Waals surface area contributed by atoms with Crippen molar-refractivity contribution in [2.24, 2.45) is 0 Å². The van der Waals surface area contributed by atoms with Crippen molar-refractivity contribution in [1.29, 1.82) is 0 Å². The van der Waals surface area contributed by atoms with Crippen LogP contribution in [0.3, 0.4) is 0 Å². The van der Waals surface area contributed by atoms with E-state index in [-0.39, 0.29) is 31.1 Å². The van der Waals surface area contributed by atoms with E-state index in [1.165, 1.54) is 96.3 Å². The van der Waals surface area contributed by atoms with Crippen LogP contribution in [-0.2, 0) is 28.6 Å². The number of carbonyl (C=O) groups is 3. The average molecular weight is 809 g/mol. The number of carbonyl (C=O) groups excluding carboxylic acids is 3. The lowest BCUT2D eigenvalue weighted by Crippen LogP contribution is -2.30. The fraction of sp³-hybridized carbons (Fsp3) is 0.712. The first-order valence-corrected chi connectivity index (χ1v) is 24.0. The van der Waals surface area contributed by atoms with Crippen LogP contribution in [0.2, 0.25) is 0 Å². The molecule has 0 spiro atoms. The van der Waals surface area contributed by atoms with E-state index in [1.54, 1.807) is 0 Å². The molecule has 1 unspecified atom stereocenters. The molecule has 0 fully saturated rings. The maximum absolute atomic E-state index is 12.7. The predicted octanol–water partition coefficient (Wildman–Crippen LogP) is 15.5. The summed E-state index contributed by atoms with van der Waals surface area (Å²) in [5.74, 6) is -0.956. The van der Waals surface area contributed by atoms with Crippen LogP contribution >= 0.6 is 0 Å². The Hall–Kier alpha value is -3.15. The van der Waals surface area contributed by atoms with Gasteiger partial charge in [0.05, 0.1) is 0 Å². The molecule has 0 amide bonds. The normalized spacial score (nSPS) is 12.7. The zero-order chi connectivity index (χ0) is 42.3. The lowest BCUT2D eigenvalue weighted by atomic mass is 10.1. The van der Waals surface area contributed by atoms with Crippen LogP contribution in [0.15, 0.2) is 72.9 Å². The summed E-state index contributed by atoms with van der Waals surface area (Å²) in [4.78, 5) is 37.8. The molecule has 0 aromatic carbocycles. The Kier molecular flexibility index (Phi) is 44.0. The van der Waals surface area contributed by atoms with Gasteiger partial charge < -0.3 is 14.2 Å². The zero-order valence-electron chi connectivity index (χ0n) is 37.8. The van der Waals surface area contributed by atoms with Gasteiger partial charge in [-0.2, -0.15) is 0 Å². The van der Waals surface area contributed by atoms with Gasteiger partial charge in [0.2, 0.25) is 0 Å². The Labute approximate surface area is 357 Å². The maximum atomic E-state index is 12.7. The third-order valence-electron chi connectivity index (χ3n) is 10.1. The highest BCUT2D eigenvalue weighted by Crippen LogP contribution is 2.14. The van der Waals surface area contributed by atoms with Crippen LogP contribution in [0.25, 0.3) is 0 Å². The summed E-state index contributed by atoms with van der Waals surface area (Å²) in [7, 11) is 0. The molecule has 0 saturated carbocycles. The fourth-order valence-corrected chi connectivity index (χ4v) is 6.46. The van der Waals surface area contributed by atoms with Gasteiger partial charge >= 0.3 is 17.9 Å². The molecule has 0 saturated heterocycles. The third-order valence-corrected chi connectivity index (χ3v) is 10.1. The van der Waals surface area contributed by atoms with E-state index in [1.807, 2.05) is 48.6 Å². The summed E-state index contributed by atoms with van der Waals surface area (Å²) < 4.78 is 16.7. The van der Waals surface area contributed by atoms with Crippen LogP contribution in [0, 0.1) is 0 Å². The predicted molar refractivity (Wildman–Crippen MR) is 247 cm³/mol. The number of rotatable bonds is 42. The Bertz CT molecular complexity index is 1110. The zero-order valence-corrected chi connectivity index (χ0v) is 37.8. The summed E-state index contributed by atoms with van der Waals surface area (Å²) >= 11 is 0. The van der Waals surface area contributed by atoms with Crippen molar-refractivity contribution in [3.63, 3.8) is 0 Å². The molecule has 0 N–H and O–H groups in total. The van der Waals surface area contributed by atoms with Crippen LogP contribution < -0.4 is 0 Å². The van der Waals surface area contributed by atoms with E-state index in [9.17, 15) is 14.4 Å². The Morgan fingerprint density at radius 2 is 0.690 bits per heavy atom. The van der Waals surface area contributed by atoms with Gasteiger partial charge in [-0.15, -0.1) is 0 Å². The molecule has 0 rings (SSSR count). The van der Waals surface area contributed by atoms with E-state index in [0.717, 1.165) is 83.5 Å². The van der Waals surface area contributed by atoms with E-state index >= 15 is 0 Å². The Balaban J connectivity index is 4.48. The molecule has 6 heteroatoms. The molecule has 332 valence electrons. The number of hydrogen-bond donors (Lipinski definition) is 0. The van der Waals surface area contributed by atoms with Gasteiger partial charge in [-0.25, -0.2) is 0 Å². The maximum Gasteiger partial charge on any atom is 0.306 e. The molecule has 58 heavy (non-hydrogen) atoms. The second-order valence-corrected chi connectivity index (χ2v) is 15.8. The Morgan fingerprint density at radius 1 is 0.362 bits per heavy atom. The van der Waals surface area contributed by atoms with Crippen molar-refractivity contribution in [3.8, 4) is 0 Å². The molecule has 0 aliphatic heterocycles. The summed E-state index contributed by atoms with van der Waals surface area (Å²) in [5, 5.41) is 0. The number of unbranched alkanes of at least 4 members (excludes halogenated alkanes) is 23. The highest BCUT2D eigenvalue weighted by molar-refractivity contribution is 5.71. The van der Waals surface area contributed by atoms with Crippen molar-refractivity contribution in [2.45, 2.75) is 226 Å². The SMILES string of the molecule is CC\C=C/C=C\C=C/C=C\C=C/CCCCCC(=O)OCC(COC(=O)CCCCCCCCCCCCC)OC(=O)CCCCC/C=C\CCCCCCCCC. The molecular formula is C52H88O6. The van der Waals surface area contributed by atoms with Crippen molar-refractivity contribution in [1.82, 2.24) is 0 Å². The van der Waals surface area contributed by atoms with Crippen molar-refractivity contribution >= 4 is 17.9 Å². The summed E-state index contributed by atoms with van der Waals surface area (Å²) in [6.45, 7) is 6.42. The highest BCUT2D eigenvalue weighted by Gasteiger charge is 2.19. The molecule has 0 aromatic rings. The van der Waals surface area contributed by atoms with Crippen molar-refractivity contribution in [2.75, 3.05) is 13.2 Å². The standard InChI is InChI=1S/C52H88O6/c1-4-7-10-13-16-19-22-24-26-28-30-33-36-39-42-45-51(54)57-48-49(47-56-50(53)44-41-38-35-32-29-21-18-15-12-9-6-3)58-52(55)46-43-40-37-34-31-27-25-23-20-17-14-11-8-5-2/h7,10,13,16,19,22,24,26-28,30-31,49H,4-6,8-9,11-12,14-15,17-18,20-21,23,25,29,32-48H2,1-3H3/b10-7-,16-13-,22-19-,26-24-,30-28-,31-27-. The number of esters is 3. The topological polar surface area (TPSA) is 78.9 Å². The second kappa shape index (κ2) is 46.5. The van der Waals surface area contributed by atoms with E-state index < -0.39 is 6.10 Å². The number of hydrogen-bond acceptors (Lipinski definition) is 6. The molecule has 0 radical (unpaired) electrons. The van der Waals surface area contributed by atoms with Gasteiger partial charge in [0.25, 0.3) is 0 Å². The fourth-order valence-electron chi connectivity index (χ4n) is 6.46. The molecular weight excluding hydrogens is 721 g/mol. The average Bonchev–Trinajstić information content (AvgIpc) is 3.22. The van der Waals surface area contributed by atoms with Gasteiger partial charge in [-0.3, -0.25) is 14.4 Å². The number of ether oxygens (including phenoxy) is 3. The third kappa shape index (κ3) is 44.0. The Morgan fingerprint density at radius 3 is 1.12 bits per heavy atom. The summed E-state index contributed by atoms with van der Waals surface area (Å²) in [6.07, 6.45) is 57.4. The number of allylic oxidation sites excluding steroid dienone is 12. The largest absolute Gasteiger partial charge is 0.462 e. The van der Waals surface area contributed by atoms with Crippen molar-refractivity contribution < 1.29 is 28.6 Å². The van der Waals surface area contributed by atoms with Crippen molar-refractivity contribution in [3.05, 3.63) is 72.9 Å². The van der Waals surface area contributed by atoms with Gasteiger partial charge in [-0.1, -0.05) is 209 Å². The monoisotopic (exact) mass is 809 g/mol. The minimum Gasteiger partial charge on any atom is -0.462 e. The van der Waals surface area contributed by atoms with Gasteiger partial charge in [0, 0.05) is 19.3 Å². The molecule has 6 nitrogen and oxygen atoms in total. The smallest absolute Gasteiger partial charge is 0.306 e. The second-order valence-electron chi connectivity index (χ2n) is 15.8. The molecule has 0 bridgehead atoms. The molecule has 0 aliphatic rings. The van der Waals surface area contributed by atoms with E-state index in [0.29, 0.717) is 19.3 Å². The first-order valence-electron chi connectivity index (χ1n) is 24.0. The minimum absolute atomic E-state index is 0.0943.